The number of aromatic nitrogens is 2. The van der Waals surface area contributed by atoms with E-state index in [1.165, 1.54) is 0 Å². The Morgan fingerprint density at radius 3 is 2.21 bits per heavy atom. The smallest absolute Gasteiger partial charge is 0.337 e. The number of hydrogen-bond donors (Lipinski definition) is 2. The van der Waals surface area contributed by atoms with Gasteiger partial charge in [-0.25, -0.2) is 4.79 Å². The molecule has 0 saturated carbocycles. The minimum atomic E-state index is -0.974. The second-order valence-corrected chi connectivity index (χ2v) is 10.6. The van der Waals surface area contributed by atoms with Crippen LogP contribution in [0.3, 0.4) is 0 Å². The van der Waals surface area contributed by atoms with Crippen LogP contribution in [0.15, 0.2) is 103 Å². The molecular formula is C34H30N4O4S. The molecule has 6 rings (SSSR count). The third kappa shape index (κ3) is 5.30. The van der Waals surface area contributed by atoms with Gasteiger partial charge in [-0.1, -0.05) is 18.2 Å². The summed E-state index contributed by atoms with van der Waals surface area (Å²) in [5.41, 5.74) is 5.45. The number of thiocarbonyl (C=S) groups is 1. The summed E-state index contributed by atoms with van der Waals surface area (Å²) in [5, 5.41) is 14.0. The number of aromatic carboxylic acids is 1. The second kappa shape index (κ2) is 11.6. The number of anilines is 1. The number of pyridine rings is 1. The predicted molar refractivity (Wildman–Crippen MR) is 170 cm³/mol. The van der Waals surface area contributed by atoms with Crippen LogP contribution in [-0.4, -0.2) is 32.8 Å². The van der Waals surface area contributed by atoms with Crippen molar-refractivity contribution in [2.24, 2.45) is 0 Å². The zero-order chi connectivity index (χ0) is 30.1. The van der Waals surface area contributed by atoms with Crippen molar-refractivity contribution in [3.05, 3.63) is 131 Å². The molecule has 2 aromatic heterocycles. The second-order valence-electron chi connectivity index (χ2n) is 10.3. The van der Waals surface area contributed by atoms with Gasteiger partial charge in [-0.2, -0.15) is 0 Å². The van der Waals surface area contributed by atoms with Gasteiger partial charge in [0.2, 0.25) is 0 Å². The standard InChI is InChI=1S/C34H30N4O4S/c1-21-20-28(22(2)37(21)30-10-5-4-8-27(30)33(39)40)32-31(29-9-6-7-19-35-29)36-34(43)38(32)23-11-13-25(14-12-23)42-26-17-15-24(41-3)16-18-26/h4-20,31-32H,1-3H3,(H,36,43)(H,39,40)/t31-,32-/m0/s1. The molecule has 43 heavy (non-hydrogen) atoms. The van der Waals surface area contributed by atoms with Crippen molar-refractivity contribution in [1.82, 2.24) is 14.9 Å². The van der Waals surface area contributed by atoms with Gasteiger partial charge in [-0.3, -0.25) is 4.98 Å². The van der Waals surface area contributed by atoms with Crippen molar-refractivity contribution >= 4 is 29.0 Å². The van der Waals surface area contributed by atoms with Crippen molar-refractivity contribution in [3.8, 4) is 22.9 Å². The highest BCUT2D eigenvalue weighted by atomic mass is 32.1. The van der Waals surface area contributed by atoms with E-state index in [0.717, 1.165) is 34.1 Å². The summed E-state index contributed by atoms with van der Waals surface area (Å²) in [6.07, 6.45) is 1.78. The summed E-state index contributed by atoms with van der Waals surface area (Å²) in [4.78, 5) is 18.9. The molecule has 1 saturated heterocycles. The first kappa shape index (κ1) is 28.0. The van der Waals surface area contributed by atoms with E-state index in [-0.39, 0.29) is 17.6 Å². The van der Waals surface area contributed by atoms with Gasteiger partial charge in [0.25, 0.3) is 0 Å². The molecule has 216 valence electrons. The summed E-state index contributed by atoms with van der Waals surface area (Å²) >= 11 is 5.93. The Labute approximate surface area is 255 Å². The van der Waals surface area contributed by atoms with Gasteiger partial charge in [0.1, 0.15) is 17.2 Å². The molecule has 0 amide bonds. The third-order valence-corrected chi connectivity index (χ3v) is 7.99. The van der Waals surface area contributed by atoms with Crippen LogP contribution in [0.1, 0.15) is 45.1 Å². The predicted octanol–water partition coefficient (Wildman–Crippen LogP) is 7.17. The van der Waals surface area contributed by atoms with Gasteiger partial charge in [0.05, 0.1) is 36.1 Å². The fraction of sp³-hybridized carbons (Fsp3) is 0.147. The normalized spacial score (nSPS) is 16.2. The van der Waals surface area contributed by atoms with Crippen LogP contribution in [0, 0.1) is 13.8 Å². The number of methoxy groups -OCH3 is 1. The van der Waals surface area contributed by atoms with Gasteiger partial charge in [0.15, 0.2) is 5.11 Å². The fourth-order valence-electron chi connectivity index (χ4n) is 5.71. The van der Waals surface area contributed by atoms with Crippen LogP contribution < -0.4 is 19.7 Å². The average Bonchev–Trinajstić information content (AvgIpc) is 3.52. The molecule has 0 unspecified atom stereocenters. The van der Waals surface area contributed by atoms with Gasteiger partial charge >= 0.3 is 5.97 Å². The molecule has 3 heterocycles. The number of carboxylic acids is 1. The van der Waals surface area contributed by atoms with E-state index in [4.69, 9.17) is 21.7 Å². The van der Waals surface area contributed by atoms with Crippen LogP contribution in [-0.2, 0) is 0 Å². The lowest BCUT2D eigenvalue weighted by Crippen LogP contribution is -2.29. The van der Waals surface area contributed by atoms with Gasteiger partial charge in [0, 0.05) is 23.3 Å². The monoisotopic (exact) mass is 590 g/mol. The Bertz CT molecular complexity index is 1790. The van der Waals surface area contributed by atoms with Crippen LogP contribution >= 0.6 is 12.2 Å². The number of aryl methyl sites for hydroxylation is 1. The number of benzene rings is 3. The van der Waals surface area contributed by atoms with E-state index in [0.29, 0.717) is 22.3 Å². The third-order valence-electron chi connectivity index (χ3n) is 7.67. The lowest BCUT2D eigenvalue weighted by Gasteiger charge is -2.28. The lowest BCUT2D eigenvalue weighted by atomic mass is 9.96. The molecule has 5 aromatic rings. The fourth-order valence-corrected chi connectivity index (χ4v) is 6.06. The molecule has 0 radical (unpaired) electrons. The molecule has 1 aliphatic heterocycles. The first-order valence-corrected chi connectivity index (χ1v) is 14.2. The topological polar surface area (TPSA) is 88.9 Å². The zero-order valence-corrected chi connectivity index (χ0v) is 24.7. The summed E-state index contributed by atoms with van der Waals surface area (Å²) < 4.78 is 13.3. The van der Waals surface area contributed by atoms with Crippen molar-refractivity contribution < 1.29 is 19.4 Å². The molecule has 9 heteroatoms. The highest BCUT2D eigenvalue weighted by Crippen LogP contribution is 2.44. The highest BCUT2D eigenvalue weighted by Gasteiger charge is 2.42. The quantitative estimate of drug-likeness (QED) is 0.184. The number of para-hydroxylation sites is 1. The largest absolute Gasteiger partial charge is 0.497 e. The van der Waals surface area contributed by atoms with E-state index in [1.807, 2.05) is 97.3 Å². The van der Waals surface area contributed by atoms with E-state index in [1.54, 1.807) is 25.4 Å². The number of carboxylic acid groups (broad SMARTS) is 1. The molecule has 0 aliphatic carbocycles. The molecular weight excluding hydrogens is 560 g/mol. The molecule has 2 atom stereocenters. The number of ether oxygens (including phenoxy) is 2. The van der Waals surface area contributed by atoms with Crippen LogP contribution in [0.2, 0.25) is 0 Å². The maximum Gasteiger partial charge on any atom is 0.337 e. The molecule has 3 aromatic carbocycles. The van der Waals surface area contributed by atoms with Gasteiger partial charge in [-0.05, 0) is 110 Å². The van der Waals surface area contributed by atoms with Crippen LogP contribution in [0.4, 0.5) is 5.69 Å². The van der Waals surface area contributed by atoms with E-state index >= 15 is 0 Å². The van der Waals surface area contributed by atoms with Gasteiger partial charge < -0.3 is 29.4 Å². The molecule has 0 bridgehead atoms. The lowest BCUT2D eigenvalue weighted by molar-refractivity contribution is 0.0697. The number of rotatable bonds is 8. The van der Waals surface area contributed by atoms with Crippen LogP contribution in [0.25, 0.3) is 5.69 Å². The maximum atomic E-state index is 12.1. The minimum absolute atomic E-state index is 0.237. The minimum Gasteiger partial charge on any atom is -0.497 e. The van der Waals surface area contributed by atoms with E-state index in [9.17, 15) is 9.90 Å². The Morgan fingerprint density at radius 2 is 1.56 bits per heavy atom. The SMILES string of the molecule is COc1ccc(Oc2ccc(N3C(=S)N[C@@H](c4ccccn4)[C@@H]3c3cc(C)n(-c4ccccc4C(=O)O)c3C)cc2)cc1. The molecule has 8 nitrogen and oxygen atoms in total. The van der Waals surface area contributed by atoms with Crippen molar-refractivity contribution in [1.29, 1.82) is 0 Å². The zero-order valence-electron chi connectivity index (χ0n) is 23.9. The number of carbonyl (C=O) groups is 1. The van der Waals surface area contributed by atoms with Gasteiger partial charge in [-0.15, -0.1) is 0 Å². The van der Waals surface area contributed by atoms with Crippen molar-refractivity contribution in [2.45, 2.75) is 25.9 Å². The number of nitrogens with zero attached hydrogens (tertiary/aromatic N) is 3. The number of nitrogens with one attached hydrogen (secondary N) is 1. The Hall–Kier alpha value is -5.15. The highest BCUT2D eigenvalue weighted by molar-refractivity contribution is 7.80. The molecule has 1 aliphatic rings. The average molecular weight is 591 g/mol. The number of hydrogen-bond acceptors (Lipinski definition) is 5. The molecule has 2 N–H and O–H groups in total. The van der Waals surface area contributed by atoms with Crippen molar-refractivity contribution in [3.63, 3.8) is 0 Å². The Kier molecular flexibility index (Phi) is 7.56. The summed E-state index contributed by atoms with van der Waals surface area (Å²) in [5.74, 6) is 1.18. The first-order valence-electron chi connectivity index (χ1n) is 13.8. The Balaban J connectivity index is 1.41. The summed E-state index contributed by atoms with van der Waals surface area (Å²) in [7, 11) is 1.63. The summed E-state index contributed by atoms with van der Waals surface area (Å²) in [6.45, 7) is 4.00. The van der Waals surface area contributed by atoms with Crippen molar-refractivity contribution in [2.75, 3.05) is 12.0 Å². The summed E-state index contributed by atoms with van der Waals surface area (Å²) in [6, 6.07) is 29.7. The van der Waals surface area contributed by atoms with E-state index in [2.05, 4.69) is 21.3 Å². The Morgan fingerprint density at radius 1 is 0.907 bits per heavy atom. The maximum absolute atomic E-state index is 12.1. The molecule has 1 fully saturated rings. The van der Waals surface area contributed by atoms with Crippen LogP contribution in [0.5, 0.6) is 17.2 Å². The first-order chi connectivity index (χ1) is 20.9. The molecule has 0 spiro atoms. The van der Waals surface area contributed by atoms with E-state index < -0.39 is 5.97 Å².